The zero-order valence-electron chi connectivity index (χ0n) is 16.9. The van der Waals surface area contributed by atoms with Gasteiger partial charge in [-0.05, 0) is 49.4 Å². The van der Waals surface area contributed by atoms with Crippen molar-refractivity contribution in [1.82, 2.24) is 14.8 Å². The first-order chi connectivity index (χ1) is 14.3. The summed E-state index contributed by atoms with van der Waals surface area (Å²) in [6.45, 7) is 3.09. The molecule has 1 aromatic heterocycles. The number of carbonyl (C=O) groups excluding carboxylic acids is 1. The SMILES string of the molecule is O=C(CCc1c[nH]c2ccccc12)N1C[C@@H]2CCCN2C[C@@H]1Cc1ccccc1. The predicted molar refractivity (Wildman–Crippen MR) is 117 cm³/mol. The molecule has 29 heavy (non-hydrogen) atoms. The number of rotatable bonds is 5. The number of carbonyl (C=O) groups is 1. The number of aryl methyl sites for hydroxylation is 1. The van der Waals surface area contributed by atoms with Crippen molar-refractivity contribution in [2.75, 3.05) is 19.6 Å². The van der Waals surface area contributed by atoms with E-state index >= 15 is 0 Å². The van der Waals surface area contributed by atoms with E-state index in [-0.39, 0.29) is 6.04 Å². The second-order valence-corrected chi connectivity index (χ2v) is 8.54. The van der Waals surface area contributed by atoms with Crippen LogP contribution in [0, 0.1) is 0 Å². The first-order valence-corrected chi connectivity index (χ1v) is 10.9. The standard InChI is InChI=1S/C25H29N3O/c29-25(13-12-20-16-26-24-11-5-4-10-23(20)24)28-18-21-9-6-14-27(21)17-22(28)15-19-7-2-1-3-8-19/h1-5,7-8,10-11,16,21-22,26H,6,9,12-15,17-18H2/t21-,22-/m0/s1. The Kier molecular flexibility index (Phi) is 5.11. The number of para-hydroxylation sites is 1. The van der Waals surface area contributed by atoms with Crippen molar-refractivity contribution in [1.29, 1.82) is 0 Å². The molecule has 150 valence electrons. The van der Waals surface area contributed by atoms with Crippen molar-refractivity contribution in [3.63, 3.8) is 0 Å². The highest BCUT2D eigenvalue weighted by molar-refractivity contribution is 5.84. The Morgan fingerprint density at radius 3 is 2.76 bits per heavy atom. The summed E-state index contributed by atoms with van der Waals surface area (Å²) in [4.78, 5) is 21.5. The van der Waals surface area contributed by atoms with Gasteiger partial charge in [0.2, 0.25) is 5.91 Å². The van der Waals surface area contributed by atoms with E-state index in [4.69, 9.17) is 0 Å². The molecule has 5 rings (SSSR count). The first kappa shape index (κ1) is 18.4. The van der Waals surface area contributed by atoms with E-state index in [0.29, 0.717) is 18.4 Å². The number of benzene rings is 2. The first-order valence-electron chi connectivity index (χ1n) is 10.9. The third-order valence-corrected chi connectivity index (χ3v) is 6.71. The van der Waals surface area contributed by atoms with Crippen LogP contribution in [-0.4, -0.2) is 52.4 Å². The molecule has 0 spiro atoms. The molecule has 1 amide bonds. The molecule has 0 radical (unpaired) electrons. The molecule has 4 heteroatoms. The third-order valence-electron chi connectivity index (χ3n) is 6.71. The van der Waals surface area contributed by atoms with Crippen LogP contribution < -0.4 is 0 Å². The van der Waals surface area contributed by atoms with E-state index in [2.05, 4.69) is 69.5 Å². The summed E-state index contributed by atoms with van der Waals surface area (Å²) in [5.41, 5.74) is 3.72. The molecular weight excluding hydrogens is 358 g/mol. The summed E-state index contributed by atoms with van der Waals surface area (Å²) in [6, 6.07) is 19.8. The second kappa shape index (κ2) is 8.03. The molecule has 0 aliphatic carbocycles. The summed E-state index contributed by atoms with van der Waals surface area (Å²) >= 11 is 0. The maximum atomic E-state index is 13.3. The van der Waals surface area contributed by atoms with Crippen LogP contribution in [0.15, 0.2) is 60.8 Å². The van der Waals surface area contributed by atoms with E-state index in [1.807, 2.05) is 6.07 Å². The van der Waals surface area contributed by atoms with Gasteiger partial charge in [-0.3, -0.25) is 9.69 Å². The van der Waals surface area contributed by atoms with Crippen molar-refractivity contribution in [3.05, 3.63) is 71.9 Å². The van der Waals surface area contributed by atoms with Gasteiger partial charge in [0, 0.05) is 48.7 Å². The normalized spacial score (nSPS) is 22.1. The highest BCUT2D eigenvalue weighted by atomic mass is 16.2. The van der Waals surface area contributed by atoms with E-state index < -0.39 is 0 Å². The van der Waals surface area contributed by atoms with Crippen LogP contribution in [0.25, 0.3) is 10.9 Å². The predicted octanol–water partition coefficient (Wildman–Crippen LogP) is 4.02. The number of piperazine rings is 1. The molecule has 2 aliphatic heterocycles. The molecule has 2 aromatic carbocycles. The Balaban J connectivity index is 1.31. The molecule has 0 saturated carbocycles. The Morgan fingerprint density at radius 1 is 1.03 bits per heavy atom. The van der Waals surface area contributed by atoms with Crippen LogP contribution >= 0.6 is 0 Å². The quantitative estimate of drug-likeness (QED) is 0.718. The topological polar surface area (TPSA) is 39.3 Å². The van der Waals surface area contributed by atoms with Gasteiger partial charge in [0.1, 0.15) is 0 Å². The molecule has 2 saturated heterocycles. The number of hydrogen-bond acceptors (Lipinski definition) is 2. The van der Waals surface area contributed by atoms with Crippen molar-refractivity contribution in [3.8, 4) is 0 Å². The van der Waals surface area contributed by atoms with Gasteiger partial charge < -0.3 is 9.88 Å². The second-order valence-electron chi connectivity index (χ2n) is 8.54. The molecular formula is C25H29N3O. The molecule has 0 unspecified atom stereocenters. The number of amides is 1. The van der Waals surface area contributed by atoms with Crippen LogP contribution in [0.4, 0.5) is 0 Å². The van der Waals surface area contributed by atoms with Gasteiger partial charge in [-0.15, -0.1) is 0 Å². The van der Waals surface area contributed by atoms with Gasteiger partial charge in [0.05, 0.1) is 0 Å². The molecule has 0 bridgehead atoms. The molecule has 2 aliphatic rings. The lowest BCUT2D eigenvalue weighted by Gasteiger charge is -2.44. The van der Waals surface area contributed by atoms with Crippen molar-refractivity contribution in [2.24, 2.45) is 0 Å². The average Bonchev–Trinajstić information content (AvgIpc) is 3.38. The Morgan fingerprint density at radius 2 is 1.86 bits per heavy atom. The minimum atomic E-state index is 0.280. The zero-order valence-corrected chi connectivity index (χ0v) is 16.9. The number of hydrogen-bond donors (Lipinski definition) is 1. The van der Waals surface area contributed by atoms with Crippen LogP contribution in [0.1, 0.15) is 30.4 Å². The van der Waals surface area contributed by atoms with Gasteiger partial charge in [0.15, 0.2) is 0 Å². The van der Waals surface area contributed by atoms with Crippen LogP contribution in [0.3, 0.4) is 0 Å². The van der Waals surface area contributed by atoms with E-state index in [1.165, 1.54) is 35.9 Å². The number of aromatic nitrogens is 1. The highest BCUT2D eigenvalue weighted by Crippen LogP contribution is 2.27. The van der Waals surface area contributed by atoms with Crippen LogP contribution in [-0.2, 0) is 17.6 Å². The fraction of sp³-hybridized carbons (Fsp3) is 0.400. The van der Waals surface area contributed by atoms with Gasteiger partial charge in [-0.2, -0.15) is 0 Å². The molecule has 1 N–H and O–H groups in total. The van der Waals surface area contributed by atoms with E-state index in [9.17, 15) is 4.79 Å². The molecule has 4 nitrogen and oxygen atoms in total. The average molecular weight is 388 g/mol. The van der Waals surface area contributed by atoms with Crippen molar-refractivity contribution >= 4 is 16.8 Å². The van der Waals surface area contributed by atoms with Crippen molar-refractivity contribution < 1.29 is 4.79 Å². The van der Waals surface area contributed by atoms with E-state index in [0.717, 1.165) is 31.4 Å². The largest absolute Gasteiger partial charge is 0.361 e. The summed E-state index contributed by atoms with van der Waals surface area (Å²) in [5, 5.41) is 1.24. The smallest absolute Gasteiger partial charge is 0.223 e. The fourth-order valence-electron chi connectivity index (χ4n) is 5.18. The fourth-order valence-corrected chi connectivity index (χ4v) is 5.18. The van der Waals surface area contributed by atoms with E-state index in [1.54, 1.807) is 0 Å². The number of H-pyrrole nitrogens is 1. The highest BCUT2D eigenvalue weighted by Gasteiger charge is 2.38. The van der Waals surface area contributed by atoms with Crippen LogP contribution in [0.5, 0.6) is 0 Å². The lowest BCUT2D eigenvalue weighted by Crippen LogP contribution is -2.58. The number of aromatic amines is 1. The number of nitrogens with zero attached hydrogens (tertiary/aromatic N) is 2. The number of nitrogens with one attached hydrogen (secondary N) is 1. The summed E-state index contributed by atoms with van der Waals surface area (Å²) < 4.78 is 0. The van der Waals surface area contributed by atoms with Gasteiger partial charge >= 0.3 is 0 Å². The lowest BCUT2D eigenvalue weighted by atomic mass is 9.98. The maximum Gasteiger partial charge on any atom is 0.223 e. The zero-order chi connectivity index (χ0) is 19.6. The Bertz CT molecular complexity index is 980. The van der Waals surface area contributed by atoms with Gasteiger partial charge in [-0.1, -0.05) is 48.5 Å². The van der Waals surface area contributed by atoms with Crippen molar-refractivity contribution in [2.45, 2.75) is 44.2 Å². The maximum absolute atomic E-state index is 13.3. The Hall–Kier alpha value is -2.59. The summed E-state index contributed by atoms with van der Waals surface area (Å²) in [5.74, 6) is 0.308. The monoisotopic (exact) mass is 387 g/mol. The lowest BCUT2D eigenvalue weighted by molar-refractivity contribution is -0.137. The van der Waals surface area contributed by atoms with Crippen LogP contribution in [0.2, 0.25) is 0 Å². The minimum Gasteiger partial charge on any atom is -0.361 e. The minimum absolute atomic E-state index is 0.280. The Labute approximate surface area is 172 Å². The molecule has 2 atom stereocenters. The van der Waals surface area contributed by atoms with Gasteiger partial charge in [0.25, 0.3) is 0 Å². The molecule has 2 fully saturated rings. The molecule has 3 aromatic rings. The summed E-state index contributed by atoms with van der Waals surface area (Å²) in [7, 11) is 0. The summed E-state index contributed by atoms with van der Waals surface area (Å²) in [6.07, 6.45) is 6.88. The number of fused-ring (bicyclic) bond motifs is 2. The third kappa shape index (κ3) is 3.82. The van der Waals surface area contributed by atoms with Gasteiger partial charge in [-0.25, -0.2) is 0 Å². The molecule has 3 heterocycles.